The molecule has 5 rings (SSSR count). The van der Waals surface area contributed by atoms with Gasteiger partial charge in [-0.1, -0.05) is 18.2 Å². The number of aromatic nitrogens is 2. The molecule has 3 N–H and O–H groups in total. The predicted molar refractivity (Wildman–Crippen MR) is 144 cm³/mol. The third-order valence-corrected chi connectivity index (χ3v) is 6.49. The van der Waals surface area contributed by atoms with E-state index in [0.29, 0.717) is 33.9 Å². The van der Waals surface area contributed by atoms with Gasteiger partial charge in [0, 0.05) is 17.4 Å². The molecule has 0 spiro atoms. The van der Waals surface area contributed by atoms with Gasteiger partial charge in [-0.2, -0.15) is 0 Å². The lowest BCUT2D eigenvalue weighted by Crippen LogP contribution is -2.22. The van der Waals surface area contributed by atoms with Crippen LogP contribution < -0.4 is 20.7 Å². The first-order chi connectivity index (χ1) is 17.6. The van der Waals surface area contributed by atoms with Crippen molar-refractivity contribution in [2.24, 2.45) is 0 Å². The molecule has 2 heterocycles. The van der Waals surface area contributed by atoms with Crippen LogP contribution in [0.3, 0.4) is 0 Å². The number of benzene rings is 3. The van der Waals surface area contributed by atoms with Crippen molar-refractivity contribution in [3.8, 4) is 39.3 Å². The highest BCUT2D eigenvalue weighted by atomic mass is 32.2. The van der Waals surface area contributed by atoms with Gasteiger partial charge in [0.05, 0.1) is 24.5 Å². The number of methoxy groups -OCH3 is 1. The maximum absolute atomic E-state index is 12.6. The molecule has 0 radical (unpaired) electrons. The van der Waals surface area contributed by atoms with Crippen molar-refractivity contribution in [1.29, 1.82) is 0 Å². The SMILES string of the molecule is COc1c(-c2ccc3cc(NS(C)(=O)=O)ccc3c2)cc(-c2c[nH]c(=O)[nH]c2=O)cc1-c1ccc(C)o1. The fourth-order valence-corrected chi connectivity index (χ4v) is 4.85. The molecule has 0 saturated carbocycles. The van der Waals surface area contributed by atoms with E-state index < -0.39 is 21.3 Å². The quantitative estimate of drug-likeness (QED) is 0.304. The predicted octanol–water partition coefficient (Wildman–Crippen LogP) is 4.50. The van der Waals surface area contributed by atoms with E-state index >= 15 is 0 Å². The molecule has 0 amide bonds. The second-order valence-electron chi connectivity index (χ2n) is 8.65. The number of nitrogens with one attached hydrogen (secondary N) is 3. The average Bonchev–Trinajstić information content (AvgIpc) is 3.28. The summed E-state index contributed by atoms with van der Waals surface area (Å²) in [5, 5.41) is 1.72. The molecule has 0 aliphatic carbocycles. The minimum absolute atomic E-state index is 0.283. The molecule has 0 fully saturated rings. The molecule has 0 atom stereocenters. The first-order valence-electron chi connectivity index (χ1n) is 11.2. The largest absolute Gasteiger partial charge is 0.495 e. The second kappa shape index (κ2) is 9.14. The third-order valence-electron chi connectivity index (χ3n) is 5.88. The van der Waals surface area contributed by atoms with Gasteiger partial charge in [0.2, 0.25) is 10.0 Å². The van der Waals surface area contributed by atoms with Crippen LogP contribution in [0.25, 0.3) is 44.3 Å². The zero-order valence-electron chi connectivity index (χ0n) is 20.2. The van der Waals surface area contributed by atoms with Crippen molar-refractivity contribution in [2.45, 2.75) is 6.92 Å². The topological polar surface area (TPSA) is 134 Å². The third kappa shape index (κ3) is 4.91. The van der Waals surface area contributed by atoms with Crippen molar-refractivity contribution >= 4 is 26.5 Å². The van der Waals surface area contributed by atoms with E-state index in [1.165, 1.54) is 6.20 Å². The smallest absolute Gasteiger partial charge is 0.325 e. The van der Waals surface area contributed by atoms with Gasteiger partial charge < -0.3 is 14.1 Å². The van der Waals surface area contributed by atoms with Crippen LogP contribution in [-0.4, -0.2) is 31.8 Å². The molecule has 10 heteroatoms. The molecule has 2 aromatic heterocycles. The van der Waals surface area contributed by atoms with Crippen LogP contribution >= 0.6 is 0 Å². The molecule has 5 aromatic rings. The molecule has 0 saturated heterocycles. The molecule has 0 bridgehead atoms. The lowest BCUT2D eigenvalue weighted by atomic mass is 9.93. The van der Waals surface area contributed by atoms with E-state index in [9.17, 15) is 18.0 Å². The molecule has 37 heavy (non-hydrogen) atoms. The monoisotopic (exact) mass is 517 g/mol. The Morgan fingerprint density at radius 1 is 0.865 bits per heavy atom. The number of hydrogen-bond donors (Lipinski definition) is 3. The van der Waals surface area contributed by atoms with E-state index in [4.69, 9.17) is 9.15 Å². The van der Waals surface area contributed by atoms with Gasteiger partial charge in [0.25, 0.3) is 5.56 Å². The number of sulfonamides is 1. The van der Waals surface area contributed by atoms with E-state index in [1.54, 1.807) is 25.3 Å². The van der Waals surface area contributed by atoms with Crippen molar-refractivity contribution in [3.05, 3.63) is 93.5 Å². The van der Waals surface area contributed by atoms with Crippen molar-refractivity contribution in [2.75, 3.05) is 18.1 Å². The Hall–Kier alpha value is -4.57. The van der Waals surface area contributed by atoms with Gasteiger partial charge in [0.1, 0.15) is 17.3 Å². The van der Waals surface area contributed by atoms with E-state index in [0.717, 1.165) is 28.4 Å². The van der Waals surface area contributed by atoms with Gasteiger partial charge >= 0.3 is 5.69 Å². The Kier molecular flexibility index (Phi) is 5.96. The maximum Gasteiger partial charge on any atom is 0.325 e. The van der Waals surface area contributed by atoms with Crippen LogP contribution in [0.15, 0.2) is 80.9 Å². The highest BCUT2D eigenvalue weighted by Crippen LogP contribution is 2.43. The molecular formula is C27H23N3O6S. The number of anilines is 1. The summed E-state index contributed by atoms with van der Waals surface area (Å²) in [6.45, 7) is 1.84. The number of aromatic amines is 2. The first-order valence-corrected chi connectivity index (χ1v) is 13.1. The van der Waals surface area contributed by atoms with Gasteiger partial charge in [-0.25, -0.2) is 13.2 Å². The highest BCUT2D eigenvalue weighted by Gasteiger charge is 2.19. The fourth-order valence-electron chi connectivity index (χ4n) is 4.30. The summed E-state index contributed by atoms with van der Waals surface area (Å²) in [6, 6.07) is 18.3. The van der Waals surface area contributed by atoms with E-state index in [2.05, 4.69) is 14.7 Å². The number of furan rings is 1. The Bertz CT molecular complexity index is 1880. The van der Waals surface area contributed by atoms with Gasteiger partial charge in [0.15, 0.2) is 0 Å². The lowest BCUT2D eigenvalue weighted by molar-refractivity contribution is 0.416. The zero-order chi connectivity index (χ0) is 26.3. The number of aryl methyl sites for hydroxylation is 1. The normalized spacial score (nSPS) is 11.5. The van der Waals surface area contributed by atoms with Gasteiger partial charge in [-0.3, -0.25) is 14.5 Å². The highest BCUT2D eigenvalue weighted by molar-refractivity contribution is 7.92. The summed E-state index contributed by atoms with van der Waals surface area (Å²) >= 11 is 0. The van der Waals surface area contributed by atoms with Crippen LogP contribution in [0.5, 0.6) is 5.75 Å². The molecule has 0 aliphatic heterocycles. The standard InChI is InChI=1S/C27H23N3O6S/c1-15-4-9-24(36-15)22-13-19(23-14-28-27(32)29-26(23)31)12-21(25(22)35-2)18-6-5-17-11-20(30-37(3,33)34)8-7-16(17)10-18/h4-14,30H,1-3H3,(H2,28,29,31,32). The van der Waals surface area contributed by atoms with Crippen LogP contribution in [0.2, 0.25) is 0 Å². The number of fused-ring (bicyclic) bond motifs is 1. The summed E-state index contributed by atoms with van der Waals surface area (Å²) in [4.78, 5) is 29.0. The Labute approximate surface area is 211 Å². The lowest BCUT2D eigenvalue weighted by Gasteiger charge is -2.16. The van der Waals surface area contributed by atoms with Crippen molar-refractivity contribution in [1.82, 2.24) is 9.97 Å². The summed E-state index contributed by atoms with van der Waals surface area (Å²) < 4.78 is 37.4. The number of hydrogen-bond acceptors (Lipinski definition) is 6. The number of H-pyrrole nitrogens is 2. The Balaban J connectivity index is 1.73. The summed E-state index contributed by atoms with van der Waals surface area (Å²) in [7, 11) is -1.83. The van der Waals surface area contributed by atoms with Crippen LogP contribution in [0.4, 0.5) is 5.69 Å². The molecule has 0 aliphatic rings. The minimum atomic E-state index is -3.40. The van der Waals surface area contributed by atoms with Crippen LogP contribution in [-0.2, 0) is 10.0 Å². The molecule has 3 aromatic carbocycles. The van der Waals surface area contributed by atoms with E-state index in [-0.39, 0.29) is 5.56 Å². The molecular weight excluding hydrogens is 494 g/mol. The van der Waals surface area contributed by atoms with Crippen molar-refractivity contribution < 1.29 is 17.6 Å². The van der Waals surface area contributed by atoms with Gasteiger partial charge in [-0.05, 0) is 71.3 Å². The van der Waals surface area contributed by atoms with Crippen LogP contribution in [0.1, 0.15) is 5.76 Å². The Morgan fingerprint density at radius 2 is 1.59 bits per heavy atom. The first kappa shape index (κ1) is 24.1. The fraction of sp³-hybridized carbons (Fsp3) is 0.111. The number of ether oxygens (including phenoxy) is 1. The second-order valence-corrected chi connectivity index (χ2v) is 10.4. The van der Waals surface area contributed by atoms with Gasteiger partial charge in [-0.15, -0.1) is 0 Å². The van der Waals surface area contributed by atoms with Crippen LogP contribution in [0, 0.1) is 6.92 Å². The Morgan fingerprint density at radius 3 is 2.27 bits per heavy atom. The summed E-state index contributed by atoms with van der Waals surface area (Å²) in [5.41, 5.74) is 2.34. The summed E-state index contributed by atoms with van der Waals surface area (Å²) in [6.07, 6.45) is 2.48. The average molecular weight is 518 g/mol. The summed E-state index contributed by atoms with van der Waals surface area (Å²) in [5.74, 6) is 1.83. The zero-order valence-corrected chi connectivity index (χ0v) is 21.0. The molecule has 0 unspecified atom stereocenters. The minimum Gasteiger partial charge on any atom is -0.495 e. The number of rotatable bonds is 6. The van der Waals surface area contributed by atoms with Crippen molar-refractivity contribution in [3.63, 3.8) is 0 Å². The molecule has 188 valence electrons. The molecule has 9 nitrogen and oxygen atoms in total. The maximum atomic E-state index is 12.6. The van der Waals surface area contributed by atoms with E-state index in [1.807, 2.05) is 49.4 Å².